The fourth-order valence-corrected chi connectivity index (χ4v) is 1.33. The fraction of sp³-hybridized carbons (Fsp3) is 0.444. The van der Waals surface area contributed by atoms with Crippen molar-refractivity contribution in [2.45, 2.75) is 26.0 Å². The third kappa shape index (κ3) is 2.69. The highest BCUT2D eigenvalue weighted by molar-refractivity contribution is 5.25. The molecule has 9 heteroatoms. The second-order valence-corrected chi connectivity index (χ2v) is 4.33. The Bertz CT molecular complexity index is 538. The number of hydrogen-bond acceptors (Lipinski definition) is 8. The van der Waals surface area contributed by atoms with Crippen molar-refractivity contribution in [2.75, 3.05) is 11.5 Å². The van der Waals surface area contributed by atoms with E-state index in [-0.39, 0.29) is 18.4 Å². The maximum Gasteiger partial charge on any atom is 0.225 e. The Labute approximate surface area is 103 Å². The van der Waals surface area contributed by atoms with E-state index in [0.29, 0.717) is 11.5 Å². The van der Waals surface area contributed by atoms with Gasteiger partial charge in [0, 0.05) is 0 Å². The number of nitrogens with two attached hydrogens (primary N) is 2. The lowest BCUT2D eigenvalue weighted by Crippen LogP contribution is -2.16. The second kappa shape index (κ2) is 4.18. The standard InChI is InChI=1S/C9H14N8O/c1-9(2,18)5-3-17(16-15-5)4-6-12-7(10)14-8(11)13-6/h3,18H,4H2,1-2H3,(H4,10,11,12,13,14). The van der Waals surface area contributed by atoms with Crippen molar-refractivity contribution in [1.29, 1.82) is 0 Å². The van der Waals surface area contributed by atoms with Gasteiger partial charge in [-0.2, -0.15) is 15.0 Å². The molecule has 0 aliphatic rings. The maximum absolute atomic E-state index is 9.76. The average Bonchev–Trinajstić information content (AvgIpc) is 2.63. The molecule has 9 nitrogen and oxygen atoms in total. The van der Waals surface area contributed by atoms with Crippen molar-refractivity contribution in [3.63, 3.8) is 0 Å². The summed E-state index contributed by atoms with van der Waals surface area (Å²) >= 11 is 0. The molecule has 0 saturated carbocycles. The van der Waals surface area contributed by atoms with Crippen LogP contribution < -0.4 is 11.5 Å². The third-order valence-electron chi connectivity index (χ3n) is 2.19. The predicted octanol–water partition coefficient (Wildman–Crippen LogP) is -1.10. The summed E-state index contributed by atoms with van der Waals surface area (Å²) in [5, 5.41) is 17.5. The van der Waals surface area contributed by atoms with Crippen LogP contribution in [0.25, 0.3) is 0 Å². The number of aromatic nitrogens is 6. The van der Waals surface area contributed by atoms with E-state index in [4.69, 9.17) is 11.5 Å². The molecular weight excluding hydrogens is 236 g/mol. The molecule has 0 aliphatic carbocycles. The lowest BCUT2D eigenvalue weighted by Gasteiger charge is -2.11. The molecule has 2 heterocycles. The van der Waals surface area contributed by atoms with Gasteiger partial charge >= 0.3 is 0 Å². The van der Waals surface area contributed by atoms with Crippen molar-refractivity contribution in [3.8, 4) is 0 Å². The van der Waals surface area contributed by atoms with Crippen molar-refractivity contribution < 1.29 is 5.11 Å². The Balaban J connectivity index is 2.21. The van der Waals surface area contributed by atoms with Gasteiger partial charge in [-0.05, 0) is 13.8 Å². The molecule has 0 amide bonds. The van der Waals surface area contributed by atoms with Crippen LogP contribution in [0.2, 0.25) is 0 Å². The number of nitrogen functional groups attached to an aromatic ring is 2. The van der Waals surface area contributed by atoms with E-state index in [0.717, 1.165) is 0 Å². The molecule has 2 rings (SSSR count). The summed E-state index contributed by atoms with van der Waals surface area (Å²) in [5.41, 5.74) is 10.3. The molecule has 0 bridgehead atoms. The molecule has 0 atom stereocenters. The van der Waals surface area contributed by atoms with Gasteiger partial charge in [0.05, 0.1) is 6.20 Å². The highest BCUT2D eigenvalue weighted by atomic mass is 16.3. The zero-order valence-corrected chi connectivity index (χ0v) is 10.1. The first kappa shape index (κ1) is 12.2. The summed E-state index contributed by atoms with van der Waals surface area (Å²) in [6, 6.07) is 0. The smallest absolute Gasteiger partial charge is 0.225 e. The summed E-state index contributed by atoms with van der Waals surface area (Å²) in [7, 11) is 0. The quantitative estimate of drug-likeness (QED) is 0.623. The number of rotatable bonds is 3. The zero-order valence-electron chi connectivity index (χ0n) is 10.1. The van der Waals surface area contributed by atoms with Crippen molar-refractivity contribution >= 4 is 11.9 Å². The largest absolute Gasteiger partial charge is 0.384 e. The lowest BCUT2D eigenvalue weighted by molar-refractivity contribution is 0.0737. The van der Waals surface area contributed by atoms with E-state index >= 15 is 0 Å². The average molecular weight is 250 g/mol. The fourth-order valence-electron chi connectivity index (χ4n) is 1.33. The minimum Gasteiger partial charge on any atom is -0.384 e. The first-order valence-corrected chi connectivity index (χ1v) is 5.23. The molecule has 96 valence electrons. The van der Waals surface area contributed by atoms with Crippen molar-refractivity contribution in [3.05, 3.63) is 17.7 Å². The molecule has 0 unspecified atom stereocenters. The van der Waals surface area contributed by atoms with Gasteiger partial charge in [-0.15, -0.1) is 5.10 Å². The summed E-state index contributed by atoms with van der Waals surface area (Å²) in [6.45, 7) is 3.50. The monoisotopic (exact) mass is 250 g/mol. The number of nitrogens with zero attached hydrogens (tertiary/aromatic N) is 6. The Morgan fingerprint density at radius 2 is 1.83 bits per heavy atom. The first-order chi connectivity index (χ1) is 8.34. The van der Waals surface area contributed by atoms with Crippen LogP contribution in [-0.4, -0.2) is 35.1 Å². The lowest BCUT2D eigenvalue weighted by atomic mass is 10.1. The summed E-state index contributed by atoms with van der Waals surface area (Å²) in [6.07, 6.45) is 1.61. The van der Waals surface area contributed by atoms with E-state index in [2.05, 4.69) is 25.3 Å². The van der Waals surface area contributed by atoms with E-state index < -0.39 is 5.60 Å². The minimum absolute atomic E-state index is 0.0559. The van der Waals surface area contributed by atoms with Crippen LogP contribution in [0.15, 0.2) is 6.20 Å². The molecule has 0 spiro atoms. The molecule has 0 fully saturated rings. The Hall–Kier alpha value is -2.29. The summed E-state index contributed by atoms with van der Waals surface area (Å²) in [4.78, 5) is 11.5. The first-order valence-electron chi connectivity index (χ1n) is 5.23. The number of hydrogen-bond donors (Lipinski definition) is 3. The van der Waals surface area contributed by atoms with E-state index in [1.54, 1.807) is 20.0 Å². The van der Waals surface area contributed by atoms with Crippen LogP contribution in [0.3, 0.4) is 0 Å². The molecule has 0 aliphatic heterocycles. The molecule has 0 saturated heterocycles. The normalized spacial score (nSPS) is 11.7. The second-order valence-electron chi connectivity index (χ2n) is 4.33. The molecule has 5 N–H and O–H groups in total. The summed E-state index contributed by atoms with van der Waals surface area (Å²) < 4.78 is 1.49. The van der Waals surface area contributed by atoms with E-state index in [9.17, 15) is 5.11 Å². The van der Waals surface area contributed by atoms with E-state index in [1.165, 1.54) is 4.68 Å². The van der Waals surface area contributed by atoms with Gasteiger partial charge in [0.15, 0.2) is 5.82 Å². The molecule has 18 heavy (non-hydrogen) atoms. The van der Waals surface area contributed by atoms with Crippen LogP contribution in [0, 0.1) is 0 Å². The number of aliphatic hydroxyl groups is 1. The highest BCUT2D eigenvalue weighted by Crippen LogP contribution is 2.15. The number of anilines is 2. The molecule has 0 radical (unpaired) electrons. The van der Waals surface area contributed by atoms with Crippen LogP contribution in [0.4, 0.5) is 11.9 Å². The van der Waals surface area contributed by atoms with Gasteiger partial charge in [-0.3, -0.25) is 0 Å². The predicted molar refractivity (Wildman–Crippen MR) is 63.0 cm³/mol. The molecule has 0 aromatic carbocycles. The van der Waals surface area contributed by atoms with Crippen LogP contribution >= 0.6 is 0 Å². The zero-order chi connectivity index (χ0) is 13.3. The maximum atomic E-state index is 9.76. The third-order valence-corrected chi connectivity index (χ3v) is 2.19. The SMILES string of the molecule is CC(C)(O)c1cn(Cc2nc(N)nc(N)n2)nn1. The van der Waals surface area contributed by atoms with Gasteiger partial charge in [-0.1, -0.05) is 5.21 Å². The van der Waals surface area contributed by atoms with Gasteiger partial charge in [0.25, 0.3) is 0 Å². The van der Waals surface area contributed by atoms with Crippen LogP contribution in [-0.2, 0) is 12.1 Å². The molecule has 2 aromatic heterocycles. The Kier molecular flexibility index (Phi) is 2.83. The van der Waals surface area contributed by atoms with E-state index in [1.807, 2.05) is 0 Å². The minimum atomic E-state index is -1.05. The van der Waals surface area contributed by atoms with Crippen LogP contribution in [0.5, 0.6) is 0 Å². The Morgan fingerprint density at radius 1 is 1.22 bits per heavy atom. The highest BCUT2D eigenvalue weighted by Gasteiger charge is 2.20. The van der Waals surface area contributed by atoms with Gasteiger partial charge in [-0.25, -0.2) is 4.68 Å². The summed E-state index contributed by atoms with van der Waals surface area (Å²) in [5.74, 6) is 0.493. The van der Waals surface area contributed by atoms with Crippen molar-refractivity contribution in [1.82, 2.24) is 29.9 Å². The van der Waals surface area contributed by atoms with Gasteiger partial charge in [0.1, 0.15) is 17.8 Å². The Morgan fingerprint density at radius 3 is 2.33 bits per heavy atom. The molecular formula is C9H14N8O. The molecule has 2 aromatic rings. The van der Waals surface area contributed by atoms with Gasteiger partial charge in [0.2, 0.25) is 11.9 Å². The van der Waals surface area contributed by atoms with Crippen molar-refractivity contribution in [2.24, 2.45) is 0 Å². The van der Waals surface area contributed by atoms with Crippen LogP contribution in [0.1, 0.15) is 25.4 Å². The van der Waals surface area contributed by atoms with Gasteiger partial charge < -0.3 is 16.6 Å². The topological polar surface area (TPSA) is 142 Å².